The Morgan fingerprint density at radius 2 is 2.00 bits per heavy atom. The fraction of sp³-hybridized carbons (Fsp3) is 0.588. The van der Waals surface area contributed by atoms with E-state index in [4.69, 9.17) is 20.3 Å². The van der Waals surface area contributed by atoms with Crippen molar-refractivity contribution in [1.82, 2.24) is 0 Å². The SMILES string of the molecule is COc1ccc(OC)c(NC(N)=NCC(CCO)CC(C)C)c1.I. The Balaban J connectivity index is 0.00000529. The highest BCUT2D eigenvalue weighted by molar-refractivity contribution is 14.0. The molecule has 1 atom stereocenters. The van der Waals surface area contributed by atoms with Crippen LogP contribution in [0.1, 0.15) is 26.7 Å². The summed E-state index contributed by atoms with van der Waals surface area (Å²) in [4.78, 5) is 4.40. The first kappa shape index (κ1) is 22.8. The van der Waals surface area contributed by atoms with Gasteiger partial charge >= 0.3 is 0 Å². The van der Waals surface area contributed by atoms with Crippen molar-refractivity contribution < 1.29 is 14.6 Å². The zero-order chi connectivity index (χ0) is 17.2. The van der Waals surface area contributed by atoms with Crippen LogP contribution in [0.15, 0.2) is 23.2 Å². The van der Waals surface area contributed by atoms with Crippen LogP contribution in [0.25, 0.3) is 0 Å². The Morgan fingerprint density at radius 3 is 2.54 bits per heavy atom. The van der Waals surface area contributed by atoms with Gasteiger partial charge in [0, 0.05) is 19.2 Å². The van der Waals surface area contributed by atoms with E-state index in [0.717, 1.165) is 12.8 Å². The quantitative estimate of drug-likeness (QED) is 0.305. The number of hydrogen-bond acceptors (Lipinski definition) is 4. The molecule has 0 heterocycles. The van der Waals surface area contributed by atoms with Crippen LogP contribution in [-0.2, 0) is 0 Å². The highest BCUT2D eigenvalue weighted by atomic mass is 127. The molecule has 1 aromatic carbocycles. The number of hydrogen-bond donors (Lipinski definition) is 3. The number of anilines is 1. The van der Waals surface area contributed by atoms with Crippen LogP contribution < -0.4 is 20.5 Å². The number of benzene rings is 1. The monoisotopic (exact) mass is 451 g/mol. The molecule has 1 rings (SSSR count). The highest BCUT2D eigenvalue weighted by Gasteiger charge is 2.11. The number of halogens is 1. The lowest BCUT2D eigenvalue weighted by atomic mass is 9.94. The molecular weight excluding hydrogens is 421 g/mol. The van der Waals surface area contributed by atoms with Crippen molar-refractivity contribution in [3.63, 3.8) is 0 Å². The molecule has 0 amide bonds. The van der Waals surface area contributed by atoms with Gasteiger partial charge in [-0.3, -0.25) is 4.99 Å². The number of nitrogens with zero attached hydrogens (tertiary/aromatic N) is 1. The lowest BCUT2D eigenvalue weighted by molar-refractivity contribution is 0.246. The highest BCUT2D eigenvalue weighted by Crippen LogP contribution is 2.28. The molecule has 0 aromatic heterocycles. The molecule has 0 aliphatic rings. The summed E-state index contributed by atoms with van der Waals surface area (Å²) in [7, 11) is 3.20. The maximum absolute atomic E-state index is 9.15. The fourth-order valence-electron chi connectivity index (χ4n) is 2.45. The zero-order valence-corrected chi connectivity index (χ0v) is 17.2. The predicted molar refractivity (Wildman–Crippen MR) is 110 cm³/mol. The summed E-state index contributed by atoms with van der Waals surface area (Å²) in [6, 6.07) is 5.43. The molecule has 1 unspecified atom stereocenters. The Bertz CT molecular complexity index is 510. The van der Waals surface area contributed by atoms with E-state index in [2.05, 4.69) is 24.2 Å². The lowest BCUT2D eigenvalue weighted by Gasteiger charge is -2.16. The minimum atomic E-state index is 0. The van der Waals surface area contributed by atoms with Gasteiger partial charge in [-0.1, -0.05) is 13.8 Å². The molecule has 1 aromatic rings. The van der Waals surface area contributed by atoms with Gasteiger partial charge in [0.1, 0.15) is 11.5 Å². The van der Waals surface area contributed by atoms with E-state index in [-0.39, 0.29) is 30.6 Å². The largest absolute Gasteiger partial charge is 0.497 e. The molecule has 0 aliphatic heterocycles. The number of aliphatic imine (C=N–C) groups is 1. The minimum Gasteiger partial charge on any atom is -0.497 e. The summed E-state index contributed by atoms with van der Waals surface area (Å²) in [6.07, 6.45) is 1.75. The van der Waals surface area contributed by atoms with Crippen molar-refractivity contribution in [2.75, 3.05) is 32.7 Å². The van der Waals surface area contributed by atoms with E-state index in [1.54, 1.807) is 20.3 Å². The van der Waals surface area contributed by atoms with Gasteiger partial charge < -0.3 is 25.6 Å². The third-order valence-electron chi connectivity index (χ3n) is 3.53. The fourth-order valence-corrected chi connectivity index (χ4v) is 2.45. The molecule has 0 radical (unpaired) electrons. The number of guanidine groups is 1. The first-order valence-electron chi connectivity index (χ1n) is 7.90. The van der Waals surface area contributed by atoms with Crippen molar-refractivity contribution >= 4 is 35.6 Å². The molecule has 6 nitrogen and oxygen atoms in total. The molecule has 0 saturated carbocycles. The van der Waals surface area contributed by atoms with E-state index in [9.17, 15) is 0 Å². The summed E-state index contributed by atoms with van der Waals surface area (Å²) < 4.78 is 10.5. The number of aliphatic hydroxyl groups excluding tert-OH is 1. The van der Waals surface area contributed by atoms with Gasteiger partial charge in [0.2, 0.25) is 0 Å². The second-order valence-electron chi connectivity index (χ2n) is 5.92. The minimum absolute atomic E-state index is 0. The van der Waals surface area contributed by atoms with Gasteiger partial charge in [-0.2, -0.15) is 0 Å². The van der Waals surface area contributed by atoms with Crippen LogP contribution in [0.4, 0.5) is 5.69 Å². The molecule has 4 N–H and O–H groups in total. The summed E-state index contributed by atoms with van der Waals surface area (Å²) in [5.41, 5.74) is 6.68. The smallest absolute Gasteiger partial charge is 0.193 e. The van der Waals surface area contributed by atoms with E-state index >= 15 is 0 Å². The van der Waals surface area contributed by atoms with Crippen LogP contribution in [-0.4, -0.2) is 38.4 Å². The number of nitrogens with two attached hydrogens (primary N) is 1. The zero-order valence-electron chi connectivity index (χ0n) is 14.9. The number of methoxy groups -OCH3 is 2. The molecule has 24 heavy (non-hydrogen) atoms. The summed E-state index contributed by atoms with van der Waals surface area (Å²) in [5, 5.41) is 12.2. The standard InChI is InChI=1S/C17H29N3O3.HI/c1-12(2)9-13(7-8-21)11-19-17(18)20-15-10-14(22-3)5-6-16(15)23-4;/h5-6,10,12-13,21H,7-9,11H2,1-4H3,(H3,18,19,20);1H. The second kappa shape index (κ2) is 12.2. The van der Waals surface area contributed by atoms with Gasteiger partial charge in [-0.25, -0.2) is 0 Å². The molecule has 0 aliphatic carbocycles. The number of nitrogens with one attached hydrogen (secondary N) is 1. The maximum Gasteiger partial charge on any atom is 0.193 e. The van der Waals surface area contributed by atoms with Gasteiger partial charge in [0.05, 0.1) is 19.9 Å². The molecule has 7 heteroatoms. The average Bonchev–Trinajstić information content (AvgIpc) is 2.52. The first-order valence-corrected chi connectivity index (χ1v) is 7.90. The third-order valence-corrected chi connectivity index (χ3v) is 3.53. The van der Waals surface area contributed by atoms with Gasteiger partial charge in [-0.15, -0.1) is 24.0 Å². The van der Waals surface area contributed by atoms with Crippen LogP contribution in [0, 0.1) is 11.8 Å². The molecular formula is C17H30IN3O3. The lowest BCUT2D eigenvalue weighted by Crippen LogP contribution is -2.24. The summed E-state index contributed by atoms with van der Waals surface area (Å²) >= 11 is 0. The molecule has 0 bridgehead atoms. The molecule has 0 spiro atoms. The maximum atomic E-state index is 9.15. The van der Waals surface area contributed by atoms with Crippen molar-refractivity contribution in [2.45, 2.75) is 26.7 Å². The Labute approximate surface area is 161 Å². The second-order valence-corrected chi connectivity index (χ2v) is 5.92. The van der Waals surface area contributed by atoms with Gasteiger partial charge in [-0.05, 0) is 36.8 Å². The van der Waals surface area contributed by atoms with Crippen LogP contribution in [0.5, 0.6) is 11.5 Å². The third kappa shape index (κ3) is 8.05. The Morgan fingerprint density at radius 1 is 1.29 bits per heavy atom. The van der Waals surface area contributed by atoms with E-state index in [1.165, 1.54) is 0 Å². The molecule has 0 fully saturated rings. The Hall–Kier alpha value is -1.22. The normalized spacial score (nSPS) is 12.5. The van der Waals surface area contributed by atoms with E-state index < -0.39 is 0 Å². The van der Waals surface area contributed by atoms with E-state index in [0.29, 0.717) is 41.5 Å². The van der Waals surface area contributed by atoms with Crippen molar-refractivity contribution in [2.24, 2.45) is 22.6 Å². The number of rotatable bonds is 9. The molecule has 0 saturated heterocycles. The van der Waals surface area contributed by atoms with Crippen molar-refractivity contribution in [3.8, 4) is 11.5 Å². The Kier molecular flexibility index (Phi) is 11.6. The van der Waals surface area contributed by atoms with Gasteiger partial charge in [0.25, 0.3) is 0 Å². The predicted octanol–water partition coefficient (Wildman–Crippen LogP) is 3.09. The van der Waals surface area contributed by atoms with Crippen LogP contribution >= 0.6 is 24.0 Å². The van der Waals surface area contributed by atoms with Crippen molar-refractivity contribution in [3.05, 3.63) is 18.2 Å². The number of aliphatic hydroxyl groups is 1. The first-order chi connectivity index (χ1) is 11.0. The van der Waals surface area contributed by atoms with Crippen molar-refractivity contribution in [1.29, 1.82) is 0 Å². The summed E-state index contributed by atoms with van der Waals surface area (Å²) in [6.45, 7) is 5.08. The average molecular weight is 451 g/mol. The molecule has 138 valence electrons. The van der Waals surface area contributed by atoms with Crippen LogP contribution in [0.3, 0.4) is 0 Å². The van der Waals surface area contributed by atoms with Crippen LogP contribution in [0.2, 0.25) is 0 Å². The topological polar surface area (TPSA) is 89.1 Å². The number of ether oxygens (including phenoxy) is 2. The summed E-state index contributed by atoms with van der Waals surface area (Å²) in [5.74, 6) is 2.59. The van der Waals surface area contributed by atoms with Gasteiger partial charge in [0.15, 0.2) is 5.96 Å². The van der Waals surface area contributed by atoms with E-state index in [1.807, 2.05) is 12.1 Å².